The maximum absolute atomic E-state index is 13.0. The Balaban J connectivity index is 2.05. The Bertz CT molecular complexity index is 757. The molecule has 1 aromatic carbocycles. The summed E-state index contributed by atoms with van der Waals surface area (Å²) < 4.78 is 25.1. The van der Waals surface area contributed by atoms with Crippen LogP contribution < -0.4 is 0 Å². The molecule has 1 heterocycles. The monoisotopic (exact) mass is 426 g/mol. The van der Waals surface area contributed by atoms with Gasteiger partial charge in [-0.3, -0.25) is 4.79 Å². The zero-order valence-corrected chi connectivity index (χ0v) is 19.4. The predicted molar refractivity (Wildman–Crippen MR) is 117 cm³/mol. The molecule has 1 aliphatic rings. The van der Waals surface area contributed by atoms with E-state index in [2.05, 4.69) is 18.7 Å². The number of likely N-dealkylation sites (tertiary alicyclic amines) is 1. The highest BCUT2D eigenvalue weighted by molar-refractivity contribution is 8.01. The molecule has 158 valence electrons. The van der Waals surface area contributed by atoms with Crippen LogP contribution in [-0.2, 0) is 14.6 Å². The van der Waals surface area contributed by atoms with Crippen LogP contribution in [0.3, 0.4) is 0 Å². The molecule has 5 nitrogen and oxygen atoms in total. The van der Waals surface area contributed by atoms with E-state index >= 15 is 0 Å². The first kappa shape index (κ1) is 23.2. The van der Waals surface area contributed by atoms with Crippen molar-refractivity contribution in [3.8, 4) is 0 Å². The normalized spacial score (nSPS) is 17.6. The van der Waals surface area contributed by atoms with Crippen LogP contribution in [-0.4, -0.2) is 67.3 Å². The first-order valence-corrected chi connectivity index (χ1v) is 12.7. The third-order valence-corrected chi connectivity index (χ3v) is 8.70. The van der Waals surface area contributed by atoms with Crippen LogP contribution in [0.15, 0.2) is 34.1 Å². The molecule has 1 unspecified atom stereocenters. The van der Waals surface area contributed by atoms with Gasteiger partial charge in [0.15, 0.2) is 9.84 Å². The third-order valence-electron chi connectivity index (χ3n) is 5.43. The van der Waals surface area contributed by atoms with Crippen molar-refractivity contribution in [2.45, 2.75) is 74.1 Å². The zero-order valence-electron chi connectivity index (χ0n) is 17.7. The van der Waals surface area contributed by atoms with Crippen LogP contribution in [0.25, 0.3) is 0 Å². The Kier molecular flexibility index (Phi) is 8.40. The Labute approximate surface area is 174 Å². The smallest absolute Gasteiger partial charge is 0.235 e. The minimum absolute atomic E-state index is 0.0655. The quantitative estimate of drug-likeness (QED) is 0.594. The SMILES string of the molecule is CCCS(=O)(=O)c1ccccc1SC(C)C(=O)N(C)C1CCN(C(C)C)CC1. The number of sulfone groups is 1. The molecular formula is C21H34N2O3S2. The van der Waals surface area contributed by atoms with Gasteiger partial charge in [0, 0.05) is 37.1 Å². The van der Waals surface area contributed by atoms with Gasteiger partial charge in [-0.1, -0.05) is 19.1 Å². The number of nitrogens with zero attached hydrogens (tertiary/aromatic N) is 2. The van der Waals surface area contributed by atoms with Crippen molar-refractivity contribution in [2.24, 2.45) is 0 Å². The number of hydrogen-bond acceptors (Lipinski definition) is 5. The molecule has 0 saturated carbocycles. The summed E-state index contributed by atoms with van der Waals surface area (Å²) in [5, 5.41) is -0.328. The molecule has 0 radical (unpaired) electrons. The fraction of sp³-hybridized carbons (Fsp3) is 0.667. The molecule has 7 heteroatoms. The summed E-state index contributed by atoms with van der Waals surface area (Å²) in [6.45, 7) is 10.2. The van der Waals surface area contributed by atoms with E-state index in [1.807, 2.05) is 31.9 Å². The van der Waals surface area contributed by atoms with Gasteiger partial charge in [0.05, 0.1) is 15.9 Å². The molecule has 2 rings (SSSR count). The molecule has 0 spiro atoms. The number of rotatable bonds is 8. The molecule has 1 aromatic rings. The van der Waals surface area contributed by atoms with E-state index in [0.717, 1.165) is 25.9 Å². The largest absolute Gasteiger partial charge is 0.342 e. The lowest BCUT2D eigenvalue weighted by atomic mass is 10.0. The number of amides is 1. The van der Waals surface area contributed by atoms with Gasteiger partial charge in [-0.15, -0.1) is 11.8 Å². The Hall–Kier alpha value is -1.05. The first-order chi connectivity index (χ1) is 13.2. The van der Waals surface area contributed by atoms with Gasteiger partial charge in [-0.05, 0) is 52.2 Å². The number of piperidine rings is 1. The summed E-state index contributed by atoms with van der Waals surface area (Å²) in [5.74, 6) is 0.192. The van der Waals surface area contributed by atoms with E-state index in [1.165, 1.54) is 11.8 Å². The molecule has 28 heavy (non-hydrogen) atoms. The summed E-state index contributed by atoms with van der Waals surface area (Å²) in [6.07, 6.45) is 2.55. The summed E-state index contributed by atoms with van der Waals surface area (Å²) in [6, 6.07) is 7.82. The van der Waals surface area contributed by atoms with E-state index < -0.39 is 9.84 Å². The van der Waals surface area contributed by atoms with Gasteiger partial charge in [0.1, 0.15) is 0 Å². The van der Waals surface area contributed by atoms with Crippen molar-refractivity contribution >= 4 is 27.5 Å². The van der Waals surface area contributed by atoms with E-state index in [0.29, 0.717) is 22.3 Å². The molecule has 0 aromatic heterocycles. The second-order valence-electron chi connectivity index (χ2n) is 7.84. The molecule has 1 aliphatic heterocycles. The number of hydrogen-bond donors (Lipinski definition) is 0. The van der Waals surface area contributed by atoms with E-state index in [1.54, 1.807) is 18.2 Å². The number of carbonyl (C=O) groups is 1. The van der Waals surface area contributed by atoms with Gasteiger partial charge in [-0.25, -0.2) is 8.42 Å². The average molecular weight is 427 g/mol. The maximum atomic E-state index is 13.0. The zero-order chi connectivity index (χ0) is 20.9. The van der Waals surface area contributed by atoms with Gasteiger partial charge in [0.2, 0.25) is 5.91 Å². The molecule has 0 bridgehead atoms. The number of benzene rings is 1. The van der Waals surface area contributed by atoms with Gasteiger partial charge in [0.25, 0.3) is 0 Å². The molecule has 1 atom stereocenters. The highest BCUT2D eigenvalue weighted by Crippen LogP contribution is 2.32. The van der Waals surface area contributed by atoms with E-state index in [4.69, 9.17) is 0 Å². The minimum Gasteiger partial charge on any atom is -0.342 e. The molecule has 1 amide bonds. The van der Waals surface area contributed by atoms with Crippen LogP contribution in [0, 0.1) is 0 Å². The van der Waals surface area contributed by atoms with Crippen LogP contribution in [0.5, 0.6) is 0 Å². The highest BCUT2D eigenvalue weighted by Gasteiger charge is 2.29. The highest BCUT2D eigenvalue weighted by atomic mass is 32.2. The summed E-state index contributed by atoms with van der Waals surface area (Å²) in [5.41, 5.74) is 0. The van der Waals surface area contributed by atoms with E-state index in [-0.39, 0.29) is 23.0 Å². The summed E-state index contributed by atoms with van der Waals surface area (Å²) in [7, 11) is -1.43. The van der Waals surface area contributed by atoms with Crippen molar-refractivity contribution in [3.05, 3.63) is 24.3 Å². The number of carbonyl (C=O) groups excluding carboxylic acids is 1. The van der Waals surface area contributed by atoms with Gasteiger partial charge >= 0.3 is 0 Å². The fourth-order valence-electron chi connectivity index (χ4n) is 3.68. The molecule has 0 N–H and O–H groups in total. The van der Waals surface area contributed by atoms with E-state index in [9.17, 15) is 13.2 Å². The fourth-order valence-corrected chi connectivity index (χ4v) is 6.61. The Morgan fingerprint density at radius 2 is 1.82 bits per heavy atom. The summed E-state index contributed by atoms with van der Waals surface area (Å²) in [4.78, 5) is 18.3. The Morgan fingerprint density at radius 3 is 2.39 bits per heavy atom. The Morgan fingerprint density at radius 1 is 1.21 bits per heavy atom. The molecule has 1 saturated heterocycles. The maximum Gasteiger partial charge on any atom is 0.235 e. The predicted octanol–water partition coefficient (Wildman–Crippen LogP) is 3.68. The standard InChI is InChI=1S/C21H34N2O3S2/c1-6-15-28(25,26)20-10-8-7-9-19(20)27-17(4)21(24)22(5)18-11-13-23(14-12-18)16(2)3/h7-10,16-18H,6,11-15H2,1-5H3. The topological polar surface area (TPSA) is 57.7 Å². The van der Waals surface area contributed by atoms with Crippen LogP contribution >= 0.6 is 11.8 Å². The second kappa shape index (κ2) is 10.1. The first-order valence-electron chi connectivity index (χ1n) is 10.2. The van der Waals surface area contributed by atoms with Gasteiger partial charge < -0.3 is 9.80 Å². The average Bonchev–Trinajstić information content (AvgIpc) is 2.67. The minimum atomic E-state index is -3.32. The summed E-state index contributed by atoms with van der Waals surface area (Å²) >= 11 is 1.35. The van der Waals surface area contributed by atoms with Gasteiger partial charge in [-0.2, -0.15) is 0 Å². The van der Waals surface area contributed by atoms with Crippen LogP contribution in [0.4, 0.5) is 0 Å². The lowest BCUT2D eigenvalue weighted by molar-refractivity contribution is -0.132. The van der Waals surface area contributed by atoms with Crippen LogP contribution in [0.2, 0.25) is 0 Å². The van der Waals surface area contributed by atoms with Crippen molar-refractivity contribution in [1.29, 1.82) is 0 Å². The molecule has 1 fully saturated rings. The second-order valence-corrected chi connectivity index (χ2v) is 11.3. The molecular weight excluding hydrogens is 392 g/mol. The van der Waals surface area contributed by atoms with Crippen molar-refractivity contribution in [1.82, 2.24) is 9.80 Å². The third kappa shape index (κ3) is 5.74. The van der Waals surface area contributed by atoms with Crippen molar-refractivity contribution < 1.29 is 13.2 Å². The van der Waals surface area contributed by atoms with Crippen LogP contribution in [0.1, 0.15) is 47.0 Å². The number of thioether (sulfide) groups is 1. The lowest BCUT2D eigenvalue weighted by Crippen LogP contribution is -2.48. The van der Waals surface area contributed by atoms with Crippen molar-refractivity contribution in [3.63, 3.8) is 0 Å². The lowest BCUT2D eigenvalue weighted by Gasteiger charge is -2.39. The molecule has 0 aliphatic carbocycles. The van der Waals surface area contributed by atoms with Crippen molar-refractivity contribution in [2.75, 3.05) is 25.9 Å².